The average molecular weight is 312 g/mol. The highest BCUT2D eigenvalue weighted by molar-refractivity contribution is 5.09. The first kappa shape index (κ1) is 15.3. The van der Waals surface area contributed by atoms with Crippen LogP contribution < -0.4 is 0 Å². The van der Waals surface area contributed by atoms with Crippen molar-refractivity contribution in [3.05, 3.63) is 0 Å². The fourth-order valence-electron chi connectivity index (χ4n) is 5.23. The zero-order valence-electron chi connectivity index (χ0n) is 14.0. The summed E-state index contributed by atoms with van der Waals surface area (Å²) >= 11 is 0. The number of rotatable bonds is 2. The van der Waals surface area contributed by atoms with Crippen molar-refractivity contribution in [3.63, 3.8) is 0 Å². The van der Waals surface area contributed by atoms with Crippen LogP contribution in [0.5, 0.6) is 0 Å². The van der Waals surface area contributed by atoms with Crippen LogP contribution in [0.1, 0.15) is 53.4 Å². The van der Waals surface area contributed by atoms with Gasteiger partial charge in [-0.1, -0.05) is 13.8 Å². The first-order valence-corrected chi connectivity index (χ1v) is 8.82. The van der Waals surface area contributed by atoms with E-state index in [2.05, 4.69) is 13.8 Å². The molecule has 4 saturated heterocycles. The lowest BCUT2D eigenvalue weighted by Crippen LogP contribution is -2.70. The molecule has 4 heterocycles. The van der Waals surface area contributed by atoms with Gasteiger partial charge in [-0.3, -0.25) is 0 Å². The molecule has 5 heteroatoms. The normalized spacial score (nSPS) is 57.3. The Bertz CT molecular complexity index is 443. The Hall–Kier alpha value is -0.200. The van der Waals surface area contributed by atoms with Gasteiger partial charge in [0.2, 0.25) is 5.79 Å². The van der Waals surface area contributed by atoms with Crippen molar-refractivity contribution in [1.82, 2.24) is 0 Å². The Morgan fingerprint density at radius 3 is 2.68 bits per heavy atom. The maximum Gasteiger partial charge on any atom is 0.201 e. The summed E-state index contributed by atoms with van der Waals surface area (Å²) in [6, 6.07) is 0. The molecular weight excluding hydrogens is 284 g/mol. The molecule has 5 rings (SSSR count). The minimum absolute atomic E-state index is 0.216. The van der Waals surface area contributed by atoms with Gasteiger partial charge >= 0.3 is 0 Å². The summed E-state index contributed by atoms with van der Waals surface area (Å²) < 4.78 is 18.3. The van der Waals surface area contributed by atoms with Gasteiger partial charge in [-0.2, -0.15) is 0 Å². The van der Waals surface area contributed by atoms with E-state index in [-0.39, 0.29) is 18.5 Å². The third kappa shape index (κ3) is 1.96. The van der Waals surface area contributed by atoms with Crippen molar-refractivity contribution < 1.29 is 24.0 Å². The van der Waals surface area contributed by atoms with E-state index in [0.29, 0.717) is 24.4 Å². The molecule has 0 amide bonds. The van der Waals surface area contributed by atoms with Gasteiger partial charge < -0.3 is 14.2 Å². The van der Waals surface area contributed by atoms with E-state index >= 15 is 0 Å². The molecule has 2 bridgehead atoms. The first-order chi connectivity index (χ1) is 10.5. The van der Waals surface area contributed by atoms with Gasteiger partial charge in [-0.05, 0) is 44.9 Å². The minimum atomic E-state index is -0.700. The summed E-state index contributed by atoms with van der Waals surface area (Å²) in [6.45, 7) is 9.15. The van der Waals surface area contributed by atoms with Crippen LogP contribution in [0.15, 0.2) is 0 Å². The largest absolute Gasteiger partial charge is 0.353 e. The summed E-state index contributed by atoms with van der Waals surface area (Å²) in [6.07, 6.45) is 3.66. The van der Waals surface area contributed by atoms with Crippen LogP contribution in [0.25, 0.3) is 0 Å². The average Bonchev–Trinajstić information content (AvgIpc) is 2.71. The molecule has 1 aliphatic carbocycles. The number of hydrogen-bond acceptors (Lipinski definition) is 5. The van der Waals surface area contributed by atoms with E-state index in [1.165, 1.54) is 6.42 Å². The fraction of sp³-hybridized carbons (Fsp3) is 1.00. The predicted molar refractivity (Wildman–Crippen MR) is 78.5 cm³/mol. The number of ether oxygens (including phenoxy) is 3. The van der Waals surface area contributed by atoms with Crippen molar-refractivity contribution in [1.29, 1.82) is 0 Å². The van der Waals surface area contributed by atoms with Gasteiger partial charge in [0.1, 0.15) is 0 Å². The van der Waals surface area contributed by atoms with Crippen molar-refractivity contribution >= 4 is 0 Å². The maximum atomic E-state index is 6.25. The van der Waals surface area contributed by atoms with Gasteiger partial charge in [0, 0.05) is 24.9 Å². The quantitative estimate of drug-likeness (QED) is 0.733. The zero-order chi connectivity index (χ0) is 15.5. The number of hydrogen-bond donors (Lipinski definition) is 0. The second-order valence-corrected chi connectivity index (χ2v) is 7.73. The Labute approximate surface area is 132 Å². The summed E-state index contributed by atoms with van der Waals surface area (Å²) in [5.41, 5.74) is -0.472. The highest BCUT2D eigenvalue weighted by Gasteiger charge is 2.69. The lowest BCUT2D eigenvalue weighted by Gasteiger charge is -2.60. The van der Waals surface area contributed by atoms with Gasteiger partial charge in [-0.15, -0.1) is 0 Å². The van der Waals surface area contributed by atoms with Gasteiger partial charge in [0.25, 0.3) is 0 Å². The third-order valence-corrected chi connectivity index (χ3v) is 6.43. The van der Waals surface area contributed by atoms with Crippen LogP contribution in [0, 0.1) is 23.7 Å². The lowest BCUT2D eigenvalue weighted by atomic mass is 9.58. The van der Waals surface area contributed by atoms with Crippen LogP contribution in [0.2, 0.25) is 0 Å². The minimum Gasteiger partial charge on any atom is -0.353 e. The lowest BCUT2D eigenvalue weighted by molar-refractivity contribution is -0.577. The second kappa shape index (κ2) is 5.15. The summed E-state index contributed by atoms with van der Waals surface area (Å²) in [7, 11) is 0. The molecule has 22 heavy (non-hydrogen) atoms. The van der Waals surface area contributed by atoms with Crippen LogP contribution in [0.3, 0.4) is 0 Å². The molecule has 7 unspecified atom stereocenters. The molecule has 0 radical (unpaired) electrons. The SMILES string of the molecule is CCOC1OC2O[C@]3(C)CCC4C(C)CCC(C1C)C24OO3. The fourth-order valence-corrected chi connectivity index (χ4v) is 5.23. The predicted octanol–water partition coefficient (Wildman–Crippen LogP) is 3.23. The summed E-state index contributed by atoms with van der Waals surface area (Å²) in [4.78, 5) is 11.9. The molecule has 0 aromatic heterocycles. The Balaban J connectivity index is 1.75. The van der Waals surface area contributed by atoms with Gasteiger partial charge in [0.15, 0.2) is 18.2 Å². The summed E-state index contributed by atoms with van der Waals surface area (Å²) in [5, 5.41) is 0. The third-order valence-electron chi connectivity index (χ3n) is 6.43. The van der Waals surface area contributed by atoms with E-state index in [4.69, 9.17) is 24.0 Å². The molecule has 0 aromatic rings. The van der Waals surface area contributed by atoms with Crippen molar-refractivity contribution in [2.75, 3.05) is 6.61 Å². The Morgan fingerprint density at radius 1 is 1.09 bits per heavy atom. The van der Waals surface area contributed by atoms with Crippen molar-refractivity contribution in [3.8, 4) is 0 Å². The first-order valence-electron chi connectivity index (χ1n) is 8.82. The topological polar surface area (TPSA) is 46.2 Å². The molecule has 8 atom stereocenters. The number of fused-ring (bicyclic) bond motifs is 2. The molecule has 4 aliphatic heterocycles. The van der Waals surface area contributed by atoms with E-state index < -0.39 is 11.4 Å². The second-order valence-electron chi connectivity index (χ2n) is 7.73. The molecule has 5 nitrogen and oxygen atoms in total. The van der Waals surface area contributed by atoms with Gasteiger partial charge in [-0.25, -0.2) is 9.78 Å². The monoisotopic (exact) mass is 312 g/mol. The molecule has 0 N–H and O–H groups in total. The van der Waals surface area contributed by atoms with E-state index in [0.717, 1.165) is 19.3 Å². The van der Waals surface area contributed by atoms with Crippen LogP contribution in [-0.4, -0.2) is 30.6 Å². The standard InChI is InChI=1S/C17H28O5/c1-5-18-14-11(3)13-7-6-10(2)12-8-9-16(4)20-15(19-14)17(12,13)22-21-16/h10-15H,5-9H2,1-4H3/t10?,11?,12?,13?,14?,15?,16-,17?/m0/s1. The van der Waals surface area contributed by atoms with Crippen LogP contribution in [0.4, 0.5) is 0 Å². The van der Waals surface area contributed by atoms with Crippen molar-refractivity contribution in [2.45, 2.75) is 77.3 Å². The molecule has 5 fully saturated rings. The van der Waals surface area contributed by atoms with Crippen molar-refractivity contribution in [2.24, 2.45) is 23.7 Å². The van der Waals surface area contributed by atoms with Gasteiger partial charge in [0.05, 0.1) is 0 Å². The molecule has 126 valence electrons. The smallest absolute Gasteiger partial charge is 0.201 e. The zero-order valence-corrected chi connectivity index (χ0v) is 14.0. The molecule has 1 saturated carbocycles. The molecular formula is C17H28O5. The molecule has 0 aromatic carbocycles. The van der Waals surface area contributed by atoms with E-state index in [1.807, 2.05) is 13.8 Å². The maximum absolute atomic E-state index is 6.25. The highest BCUT2D eigenvalue weighted by Crippen LogP contribution is 2.60. The van der Waals surface area contributed by atoms with Crippen LogP contribution in [-0.2, 0) is 24.0 Å². The van der Waals surface area contributed by atoms with Crippen LogP contribution >= 0.6 is 0 Å². The highest BCUT2D eigenvalue weighted by atomic mass is 17.3. The van der Waals surface area contributed by atoms with E-state index in [1.54, 1.807) is 0 Å². The summed E-state index contributed by atoms with van der Waals surface area (Å²) in [5.74, 6) is 0.957. The molecule has 5 aliphatic rings. The Morgan fingerprint density at radius 2 is 1.91 bits per heavy atom. The Kier molecular flexibility index (Phi) is 3.59. The molecule has 1 spiro atoms. The van der Waals surface area contributed by atoms with E-state index in [9.17, 15) is 0 Å².